The molecule has 0 radical (unpaired) electrons. The molecule has 0 spiro atoms. The first-order chi connectivity index (χ1) is 10.1. The second-order valence-corrected chi connectivity index (χ2v) is 5.07. The summed E-state index contributed by atoms with van der Waals surface area (Å²) in [5.41, 5.74) is 0.912. The molecular weight excluding hydrogens is 315 g/mol. The smallest absolute Gasteiger partial charge is 0.257 e. The third-order valence-corrected chi connectivity index (χ3v) is 3.54. The van der Waals surface area contributed by atoms with Crippen molar-refractivity contribution in [2.24, 2.45) is 0 Å². The van der Waals surface area contributed by atoms with Crippen LogP contribution in [0.1, 0.15) is 10.4 Å². The number of aromatic nitrogens is 1. The van der Waals surface area contributed by atoms with Crippen LogP contribution in [0.3, 0.4) is 0 Å². The molecule has 1 aromatic heterocycles. The van der Waals surface area contributed by atoms with Crippen LogP contribution in [0.2, 0.25) is 10.2 Å². The third-order valence-electron chi connectivity index (χ3n) is 2.86. The minimum absolute atomic E-state index is 0.160. The van der Waals surface area contributed by atoms with E-state index in [0.29, 0.717) is 36.0 Å². The quantitative estimate of drug-likeness (QED) is 0.860. The van der Waals surface area contributed by atoms with E-state index in [4.69, 9.17) is 32.7 Å². The zero-order valence-electron chi connectivity index (χ0n) is 10.7. The van der Waals surface area contributed by atoms with Gasteiger partial charge in [0.2, 0.25) is 0 Å². The Balaban J connectivity index is 1.79. The van der Waals surface area contributed by atoms with Crippen LogP contribution in [0, 0.1) is 0 Å². The highest BCUT2D eigenvalue weighted by molar-refractivity contribution is 6.41. The van der Waals surface area contributed by atoms with Crippen molar-refractivity contribution in [2.75, 3.05) is 18.5 Å². The van der Waals surface area contributed by atoms with Crippen molar-refractivity contribution in [3.63, 3.8) is 0 Å². The van der Waals surface area contributed by atoms with E-state index in [9.17, 15) is 4.79 Å². The molecule has 7 heteroatoms. The Hall–Kier alpha value is -1.98. The van der Waals surface area contributed by atoms with E-state index in [1.165, 1.54) is 12.3 Å². The number of fused-ring (bicyclic) bond motifs is 1. The average molecular weight is 325 g/mol. The summed E-state index contributed by atoms with van der Waals surface area (Å²) in [6, 6.07) is 6.65. The maximum absolute atomic E-state index is 12.1. The Bertz CT molecular complexity index is 707. The molecular formula is C14H10Cl2N2O3. The molecule has 1 N–H and O–H groups in total. The highest BCUT2D eigenvalue weighted by atomic mass is 35.5. The summed E-state index contributed by atoms with van der Waals surface area (Å²) in [7, 11) is 0. The van der Waals surface area contributed by atoms with E-state index in [1.807, 2.05) is 0 Å². The van der Waals surface area contributed by atoms with Crippen molar-refractivity contribution in [3.05, 3.63) is 46.2 Å². The van der Waals surface area contributed by atoms with Crippen LogP contribution in [0.4, 0.5) is 5.69 Å². The monoisotopic (exact) mass is 324 g/mol. The van der Waals surface area contributed by atoms with Gasteiger partial charge in [0.15, 0.2) is 11.5 Å². The highest BCUT2D eigenvalue weighted by Gasteiger charge is 2.14. The second-order valence-electron chi connectivity index (χ2n) is 4.31. The van der Waals surface area contributed by atoms with Crippen LogP contribution < -0.4 is 14.8 Å². The fraction of sp³-hybridized carbons (Fsp3) is 0.143. The molecule has 0 fully saturated rings. The summed E-state index contributed by atoms with van der Waals surface area (Å²) in [4.78, 5) is 16.0. The Morgan fingerprint density at radius 1 is 1.14 bits per heavy atom. The van der Waals surface area contributed by atoms with Crippen LogP contribution >= 0.6 is 23.2 Å². The molecule has 1 aliphatic rings. The van der Waals surface area contributed by atoms with Gasteiger partial charge in [-0.2, -0.15) is 0 Å². The number of benzene rings is 1. The van der Waals surface area contributed by atoms with E-state index in [-0.39, 0.29) is 16.1 Å². The summed E-state index contributed by atoms with van der Waals surface area (Å²) in [5, 5.41) is 3.13. The molecule has 5 nitrogen and oxygen atoms in total. The minimum atomic E-state index is -0.335. The van der Waals surface area contributed by atoms with Gasteiger partial charge in [-0.15, -0.1) is 0 Å². The molecule has 0 saturated carbocycles. The largest absolute Gasteiger partial charge is 0.486 e. The average Bonchev–Trinajstić information content (AvgIpc) is 2.50. The molecule has 0 unspecified atom stereocenters. The van der Waals surface area contributed by atoms with Gasteiger partial charge >= 0.3 is 0 Å². The standard InChI is InChI=1S/C14H10Cl2N2O3/c15-10-5-8(7-17-13(10)16)14(19)18-9-1-2-11-12(6-9)21-4-3-20-11/h1-2,5-7H,3-4H2,(H,18,19). The summed E-state index contributed by atoms with van der Waals surface area (Å²) in [6.07, 6.45) is 1.36. The fourth-order valence-corrected chi connectivity index (χ4v) is 2.14. The van der Waals surface area contributed by atoms with Crippen molar-refractivity contribution in [3.8, 4) is 11.5 Å². The van der Waals surface area contributed by atoms with Crippen molar-refractivity contribution in [1.82, 2.24) is 4.98 Å². The van der Waals surface area contributed by atoms with Gasteiger partial charge < -0.3 is 14.8 Å². The predicted molar refractivity (Wildman–Crippen MR) is 79.6 cm³/mol. The number of nitrogens with one attached hydrogen (secondary N) is 1. The van der Waals surface area contributed by atoms with E-state index in [1.54, 1.807) is 18.2 Å². The number of hydrogen-bond acceptors (Lipinski definition) is 4. The fourth-order valence-electron chi connectivity index (χ4n) is 1.87. The third kappa shape index (κ3) is 3.04. The number of nitrogens with zero attached hydrogens (tertiary/aromatic N) is 1. The number of hydrogen-bond donors (Lipinski definition) is 1. The topological polar surface area (TPSA) is 60.5 Å². The van der Waals surface area contributed by atoms with E-state index in [2.05, 4.69) is 10.3 Å². The van der Waals surface area contributed by atoms with Crippen molar-refractivity contribution >= 4 is 34.8 Å². The first-order valence-electron chi connectivity index (χ1n) is 6.15. The number of carbonyl (C=O) groups excluding carboxylic acids is 1. The number of amides is 1. The SMILES string of the molecule is O=C(Nc1ccc2c(c1)OCCO2)c1cnc(Cl)c(Cl)c1. The molecule has 1 aliphatic heterocycles. The molecule has 0 saturated heterocycles. The molecule has 0 atom stereocenters. The van der Waals surface area contributed by atoms with Gasteiger partial charge in [0.05, 0.1) is 10.6 Å². The minimum Gasteiger partial charge on any atom is -0.486 e. The molecule has 21 heavy (non-hydrogen) atoms. The van der Waals surface area contributed by atoms with Crippen LogP contribution in [0.15, 0.2) is 30.5 Å². The molecule has 1 amide bonds. The number of rotatable bonds is 2. The van der Waals surface area contributed by atoms with Crippen LogP contribution in [-0.4, -0.2) is 24.1 Å². The number of anilines is 1. The van der Waals surface area contributed by atoms with Crippen molar-refractivity contribution in [2.45, 2.75) is 0 Å². The number of pyridine rings is 1. The molecule has 2 heterocycles. The lowest BCUT2D eigenvalue weighted by molar-refractivity contribution is 0.102. The lowest BCUT2D eigenvalue weighted by atomic mass is 10.2. The summed E-state index contributed by atoms with van der Waals surface area (Å²) in [6.45, 7) is 1.01. The van der Waals surface area contributed by atoms with Crippen molar-refractivity contribution in [1.29, 1.82) is 0 Å². The van der Waals surface area contributed by atoms with Gasteiger partial charge in [-0.25, -0.2) is 4.98 Å². The zero-order chi connectivity index (χ0) is 14.8. The van der Waals surface area contributed by atoms with E-state index < -0.39 is 0 Å². The van der Waals surface area contributed by atoms with Gasteiger partial charge in [-0.05, 0) is 18.2 Å². The molecule has 0 aliphatic carbocycles. The van der Waals surface area contributed by atoms with Gasteiger partial charge in [-0.1, -0.05) is 23.2 Å². The van der Waals surface area contributed by atoms with Gasteiger partial charge in [0, 0.05) is 18.0 Å². The molecule has 0 bridgehead atoms. The number of ether oxygens (including phenoxy) is 2. The van der Waals surface area contributed by atoms with Crippen LogP contribution in [0.5, 0.6) is 11.5 Å². The van der Waals surface area contributed by atoms with Gasteiger partial charge in [-0.3, -0.25) is 4.79 Å². The molecule has 3 rings (SSSR count). The lowest BCUT2D eigenvalue weighted by Crippen LogP contribution is -2.16. The van der Waals surface area contributed by atoms with Gasteiger partial charge in [0.1, 0.15) is 18.4 Å². The Morgan fingerprint density at radius 2 is 1.90 bits per heavy atom. The summed E-state index contributed by atoms with van der Waals surface area (Å²) >= 11 is 11.6. The Labute approximate surface area is 130 Å². The maximum atomic E-state index is 12.1. The highest BCUT2D eigenvalue weighted by Crippen LogP contribution is 2.32. The Kier molecular flexibility index (Phi) is 3.86. The predicted octanol–water partition coefficient (Wildman–Crippen LogP) is 3.41. The molecule has 108 valence electrons. The summed E-state index contributed by atoms with van der Waals surface area (Å²) in [5.74, 6) is 0.930. The Morgan fingerprint density at radius 3 is 2.67 bits per heavy atom. The lowest BCUT2D eigenvalue weighted by Gasteiger charge is -2.19. The van der Waals surface area contributed by atoms with Gasteiger partial charge in [0.25, 0.3) is 5.91 Å². The summed E-state index contributed by atoms with van der Waals surface area (Å²) < 4.78 is 10.9. The van der Waals surface area contributed by atoms with Crippen LogP contribution in [0.25, 0.3) is 0 Å². The number of carbonyl (C=O) groups is 1. The van der Waals surface area contributed by atoms with Crippen LogP contribution in [-0.2, 0) is 0 Å². The maximum Gasteiger partial charge on any atom is 0.257 e. The van der Waals surface area contributed by atoms with E-state index >= 15 is 0 Å². The molecule has 2 aromatic rings. The number of halogens is 2. The first kappa shape index (κ1) is 14.0. The van der Waals surface area contributed by atoms with Crippen molar-refractivity contribution < 1.29 is 14.3 Å². The zero-order valence-corrected chi connectivity index (χ0v) is 12.2. The second kappa shape index (κ2) is 5.79. The first-order valence-corrected chi connectivity index (χ1v) is 6.91. The molecule has 1 aromatic carbocycles. The normalized spacial score (nSPS) is 12.9. The van der Waals surface area contributed by atoms with E-state index in [0.717, 1.165) is 0 Å².